The molecule has 0 bridgehead atoms. The van der Waals surface area contributed by atoms with E-state index in [9.17, 15) is 8.78 Å². The van der Waals surface area contributed by atoms with E-state index in [-0.39, 0.29) is 6.04 Å². The zero-order valence-electron chi connectivity index (χ0n) is 11.2. The second-order valence-corrected chi connectivity index (χ2v) is 6.20. The fourth-order valence-electron chi connectivity index (χ4n) is 1.66. The Kier molecular flexibility index (Phi) is 6.65. The van der Waals surface area contributed by atoms with Crippen molar-refractivity contribution in [3.8, 4) is 0 Å². The van der Waals surface area contributed by atoms with E-state index in [0.29, 0.717) is 10.8 Å². The first-order valence-electron chi connectivity index (χ1n) is 6.34. The molecule has 0 amide bonds. The fraction of sp³-hybridized carbons (Fsp3) is 0.571. The van der Waals surface area contributed by atoms with E-state index >= 15 is 0 Å². The molecule has 102 valence electrons. The molecule has 1 atom stereocenters. The van der Waals surface area contributed by atoms with Gasteiger partial charge in [0.15, 0.2) is 0 Å². The Balaban J connectivity index is 2.79. The van der Waals surface area contributed by atoms with Gasteiger partial charge >= 0.3 is 0 Å². The Labute approximate surface area is 112 Å². The van der Waals surface area contributed by atoms with E-state index in [1.54, 1.807) is 11.8 Å². The summed E-state index contributed by atoms with van der Waals surface area (Å²) in [4.78, 5) is 0. The summed E-state index contributed by atoms with van der Waals surface area (Å²) in [5.41, 5.74) is 0.689. The summed E-state index contributed by atoms with van der Waals surface area (Å²) >= 11 is 1.79. The van der Waals surface area contributed by atoms with Crippen LogP contribution < -0.4 is 5.32 Å². The summed E-state index contributed by atoms with van der Waals surface area (Å²) in [6.45, 7) is 7.16. The zero-order valence-corrected chi connectivity index (χ0v) is 12.0. The standard InChI is InChI=1S/C14H21F2NS/c1-4-5-17-14(9-18-10(2)3)11-6-12(15)8-13(16)7-11/h6-8,10,14,17H,4-5,9H2,1-3H3. The highest BCUT2D eigenvalue weighted by Gasteiger charge is 2.13. The minimum Gasteiger partial charge on any atom is -0.309 e. The molecule has 1 unspecified atom stereocenters. The van der Waals surface area contributed by atoms with E-state index in [2.05, 4.69) is 26.1 Å². The molecule has 0 aliphatic rings. The van der Waals surface area contributed by atoms with E-state index in [4.69, 9.17) is 0 Å². The smallest absolute Gasteiger partial charge is 0.126 e. The normalized spacial score (nSPS) is 13.0. The molecule has 0 fully saturated rings. The summed E-state index contributed by atoms with van der Waals surface area (Å²) in [6.07, 6.45) is 1.00. The van der Waals surface area contributed by atoms with E-state index in [0.717, 1.165) is 24.8 Å². The highest BCUT2D eigenvalue weighted by atomic mass is 32.2. The predicted molar refractivity (Wildman–Crippen MR) is 75.0 cm³/mol. The van der Waals surface area contributed by atoms with Gasteiger partial charge in [0, 0.05) is 17.9 Å². The Morgan fingerprint density at radius 2 is 1.78 bits per heavy atom. The molecule has 0 radical (unpaired) electrons. The summed E-state index contributed by atoms with van der Waals surface area (Å²) in [5.74, 6) is -0.203. The summed E-state index contributed by atoms with van der Waals surface area (Å²) in [7, 11) is 0. The average molecular weight is 273 g/mol. The monoisotopic (exact) mass is 273 g/mol. The molecular formula is C14H21F2NS. The van der Waals surface area contributed by atoms with Gasteiger partial charge in [0.05, 0.1) is 0 Å². The molecule has 1 rings (SSSR count). The molecular weight excluding hydrogens is 252 g/mol. The van der Waals surface area contributed by atoms with Crippen LogP contribution in [0.1, 0.15) is 38.8 Å². The largest absolute Gasteiger partial charge is 0.309 e. The quantitative estimate of drug-likeness (QED) is 0.801. The van der Waals surface area contributed by atoms with Crippen LogP contribution in [0.3, 0.4) is 0 Å². The second-order valence-electron chi connectivity index (χ2n) is 4.59. The first-order valence-corrected chi connectivity index (χ1v) is 7.38. The Bertz CT molecular complexity index is 349. The molecule has 1 nitrogen and oxygen atoms in total. The molecule has 1 aromatic rings. The van der Waals surface area contributed by atoms with Crippen LogP contribution in [0.2, 0.25) is 0 Å². The van der Waals surface area contributed by atoms with Gasteiger partial charge in [0.1, 0.15) is 11.6 Å². The average Bonchev–Trinajstić information content (AvgIpc) is 2.27. The molecule has 1 aromatic carbocycles. The molecule has 18 heavy (non-hydrogen) atoms. The van der Waals surface area contributed by atoms with Gasteiger partial charge < -0.3 is 5.32 Å². The van der Waals surface area contributed by atoms with Crippen molar-refractivity contribution < 1.29 is 8.78 Å². The zero-order chi connectivity index (χ0) is 13.5. The minimum absolute atomic E-state index is 0.00236. The summed E-state index contributed by atoms with van der Waals surface area (Å²) in [6, 6.07) is 3.74. The van der Waals surface area contributed by atoms with Gasteiger partial charge in [-0.25, -0.2) is 8.78 Å². The van der Waals surface area contributed by atoms with Crippen molar-refractivity contribution in [2.24, 2.45) is 0 Å². The van der Waals surface area contributed by atoms with Crippen molar-refractivity contribution in [1.29, 1.82) is 0 Å². The lowest BCUT2D eigenvalue weighted by Gasteiger charge is -2.20. The highest BCUT2D eigenvalue weighted by molar-refractivity contribution is 7.99. The molecule has 0 saturated heterocycles. The van der Waals surface area contributed by atoms with Crippen molar-refractivity contribution >= 4 is 11.8 Å². The lowest BCUT2D eigenvalue weighted by Crippen LogP contribution is -2.25. The van der Waals surface area contributed by atoms with Crippen molar-refractivity contribution in [2.45, 2.75) is 38.5 Å². The maximum atomic E-state index is 13.2. The highest BCUT2D eigenvalue weighted by Crippen LogP contribution is 2.22. The van der Waals surface area contributed by atoms with E-state index in [1.807, 2.05) is 0 Å². The van der Waals surface area contributed by atoms with E-state index in [1.165, 1.54) is 12.1 Å². The van der Waals surface area contributed by atoms with Gasteiger partial charge in [0.25, 0.3) is 0 Å². The lowest BCUT2D eigenvalue weighted by molar-refractivity contribution is 0.548. The van der Waals surface area contributed by atoms with Crippen molar-refractivity contribution in [2.75, 3.05) is 12.3 Å². The number of thioether (sulfide) groups is 1. The topological polar surface area (TPSA) is 12.0 Å². The first kappa shape index (κ1) is 15.4. The number of nitrogens with one attached hydrogen (secondary N) is 1. The second kappa shape index (κ2) is 7.74. The van der Waals surface area contributed by atoms with Gasteiger partial charge in [-0.3, -0.25) is 0 Å². The van der Waals surface area contributed by atoms with Crippen LogP contribution in [0.25, 0.3) is 0 Å². The molecule has 0 aliphatic carbocycles. The number of rotatable bonds is 7. The van der Waals surface area contributed by atoms with Crippen LogP contribution in [0.15, 0.2) is 18.2 Å². The maximum Gasteiger partial charge on any atom is 0.126 e. The molecule has 0 aromatic heterocycles. The van der Waals surface area contributed by atoms with Gasteiger partial charge in [-0.15, -0.1) is 0 Å². The van der Waals surface area contributed by atoms with Gasteiger partial charge in [0.2, 0.25) is 0 Å². The molecule has 0 spiro atoms. The number of hydrogen-bond donors (Lipinski definition) is 1. The minimum atomic E-state index is -0.511. The molecule has 0 aliphatic heterocycles. The van der Waals surface area contributed by atoms with Crippen LogP contribution in [-0.4, -0.2) is 17.5 Å². The van der Waals surface area contributed by atoms with Crippen molar-refractivity contribution in [1.82, 2.24) is 5.32 Å². The Morgan fingerprint density at radius 3 is 2.28 bits per heavy atom. The first-order chi connectivity index (χ1) is 8.52. The summed E-state index contributed by atoms with van der Waals surface area (Å²) in [5, 5.41) is 3.85. The SMILES string of the molecule is CCCNC(CSC(C)C)c1cc(F)cc(F)c1. The van der Waals surface area contributed by atoms with Gasteiger partial charge in [-0.1, -0.05) is 20.8 Å². The third-order valence-electron chi connectivity index (χ3n) is 2.52. The van der Waals surface area contributed by atoms with E-state index < -0.39 is 11.6 Å². The molecule has 1 N–H and O–H groups in total. The summed E-state index contributed by atoms with van der Waals surface area (Å²) < 4.78 is 26.5. The number of halogens is 2. The van der Waals surface area contributed by atoms with Crippen LogP contribution in [0.4, 0.5) is 8.78 Å². The fourth-order valence-corrected chi connectivity index (χ4v) is 2.54. The van der Waals surface area contributed by atoms with Crippen LogP contribution in [0.5, 0.6) is 0 Å². The third-order valence-corrected chi connectivity index (χ3v) is 3.72. The van der Waals surface area contributed by atoms with Gasteiger partial charge in [-0.05, 0) is 35.9 Å². The Morgan fingerprint density at radius 1 is 1.17 bits per heavy atom. The molecule has 0 heterocycles. The van der Waals surface area contributed by atoms with Crippen LogP contribution >= 0.6 is 11.8 Å². The van der Waals surface area contributed by atoms with Crippen molar-refractivity contribution in [3.05, 3.63) is 35.4 Å². The maximum absolute atomic E-state index is 13.2. The lowest BCUT2D eigenvalue weighted by atomic mass is 10.1. The number of hydrogen-bond acceptors (Lipinski definition) is 2. The van der Waals surface area contributed by atoms with Crippen LogP contribution in [0, 0.1) is 11.6 Å². The number of benzene rings is 1. The predicted octanol–water partition coefficient (Wildman–Crippen LogP) is 4.15. The molecule has 0 saturated carbocycles. The van der Waals surface area contributed by atoms with Crippen LogP contribution in [-0.2, 0) is 0 Å². The molecule has 4 heteroatoms. The third kappa shape index (κ3) is 5.36. The Hall–Kier alpha value is -0.610. The van der Waals surface area contributed by atoms with Crippen molar-refractivity contribution in [3.63, 3.8) is 0 Å². The van der Waals surface area contributed by atoms with Gasteiger partial charge in [-0.2, -0.15) is 11.8 Å².